The van der Waals surface area contributed by atoms with Crippen molar-refractivity contribution in [2.24, 2.45) is 0 Å². The van der Waals surface area contributed by atoms with Crippen molar-refractivity contribution in [3.05, 3.63) is 21.9 Å². The molecule has 1 aliphatic rings. The number of ether oxygens (including phenoxy) is 1. The first-order valence-electron chi connectivity index (χ1n) is 7.14. The molecule has 4 heteroatoms. The average molecular weight is 282 g/mol. The lowest BCUT2D eigenvalue weighted by atomic mass is 9.89. The fourth-order valence-electron chi connectivity index (χ4n) is 2.14. The summed E-state index contributed by atoms with van der Waals surface area (Å²) in [4.78, 5) is 3.90. The molecule has 0 aromatic carbocycles. The van der Waals surface area contributed by atoms with Crippen LogP contribution in [0.15, 0.2) is 11.4 Å². The Morgan fingerprint density at radius 3 is 2.68 bits per heavy atom. The topological polar surface area (TPSA) is 24.5 Å². The van der Waals surface area contributed by atoms with Gasteiger partial charge in [0.15, 0.2) is 0 Å². The van der Waals surface area contributed by atoms with E-state index in [2.05, 4.69) is 42.4 Å². The summed E-state index contributed by atoms with van der Waals surface area (Å²) in [7, 11) is 0. The van der Waals surface area contributed by atoms with Crippen LogP contribution in [0.4, 0.5) is 0 Å². The van der Waals surface area contributed by atoms with Gasteiger partial charge in [0.2, 0.25) is 0 Å². The van der Waals surface area contributed by atoms with E-state index in [0.29, 0.717) is 0 Å². The van der Waals surface area contributed by atoms with E-state index in [1.807, 2.05) is 11.3 Å². The van der Waals surface area contributed by atoms with Crippen molar-refractivity contribution in [3.63, 3.8) is 0 Å². The van der Waals surface area contributed by atoms with Crippen LogP contribution < -0.4 is 5.32 Å². The third-order valence-corrected chi connectivity index (χ3v) is 4.46. The Bertz CT molecular complexity index is 378. The van der Waals surface area contributed by atoms with Gasteiger partial charge in [0, 0.05) is 37.6 Å². The molecule has 1 aromatic rings. The molecular weight excluding hydrogens is 256 g/mol. The number of nitrogens with one attached hydrogen (secondary N) is 1. The molecule has 19 heavy (non-hydrogen) atoms. The van der Waals surface area contributed by atoms with Crippen LogP contribution in [0, 0.1) is 0 Å². The highest BCUT2D eigenvalue weighted by molar-refractivity contribution is 7.10. The summed E-state index contributed by atoms with van der Waals surface area (Å²) < 4.78 is 5.35. The molecular formula is C15H26N2OS. The molecule has 3 nitrogen and oxygen atoms in total. The lowest BCUT2D eigenvalue weighted by molar-refractivity contribution is 0.0384. The number of hydrogen-bond donors (Lipinski definition) is 1. The molecule has 1 aromatic heterocycles. The van der Waals surface area contributed by atoms with Gasteiger partial charge < -0.3 is 10.1 Å². The van der Waals surface area contributed by atoms with Gasteiger partial charge in [-0.1, -0.05) is 20.8 Å². The van der Waals surface area contributed by atoms with Crippen LogP contribution in [-0.2, 0) is 16.7 Å². The van der Waals surface area contributed by atoms with Crippen molar-refractivity contribution in [1.82, 2.24) is 10.2 Å². The van der Waals surface area contributed by atoms with Gasteiger partial charge in [-0.3, -0.25) is 4.90 Å². The van der Waals surface area contributed by atoms with Gasteiger partial charge >= 0.3 is 0 Å². The van der Waals surface area contributed by atoms with Crippen LogP contribution in [0.25, 0.3) is 0 Å². The van der Waals surface area contributed by atoms with Crippen molar-refractivity contribution < 1.29 is 4.74 Å². The quantitative estimate of drug-likeness (QED) is 0.840. The van der Waals surface area contributed by atoms with Crippen molar-refractivity contribution in [2.45, 2.75) is 32.7 Å². The molecule has 1 N–H and O–H groups in total. The Labute approximate surface area is 121 Å². The normalized spacial score (nSPS) is 17.8. The monoisotopic (exact) mass is 282 g/mol. The van der Waals surface area contributed by atoms with E-state index in [-0.39, 0.29) is 5.41 Å². The fourth-order valence-corrected chi connectivity index (χ4v) is 3.22. The Morgan fingerprint density at radius 2 is 2.05 bits per heavy atom. The van der Waals surface area contributed by atoms with Crippen molar-refractivity contribution in [1.29, 1.82) is 0 Å². The summed E-state index contributed by atoms with van der Waals surface area (Å²) in [5, 5.41) is 5.83. The van der Waals surface area contributed by atoms with Crippen molar-refractivity contribution in [3.8, 4) is 0 Å². The Hall–Kier alpha value is -0.420. The minimum atomic E-state index is 0.266. The third kappa shape index (κ3) is 4.88. The number of morpholine rings is 1. The van der Waals surface area contributed by atoms with Crippen LogP contribution in [0.5, 0.6) is 0 Å². The number of thiophene rings is 1. The molecule has 2 rings (SSSR count). The summed E-state index contributed by atoms with van der Waals surface area (Å²) in [6, 6.07) is 2.34. The first kappa shape index (κ1) is 15.0. The van der Waals surface area contributed by atoms with Crippen LogP contribution in [0.2, 0.25) is 0 Å². The minimum Gasteiger partial charge on any atom is -0.379 e. The first-order valence-corrected chi connectivity index (χ1v) is 8.02. The summed E-state index contributed by atoms with van der Waals surface area (Å²) in [6.07, 6.45) is 0. The van der Waals surface area contributed by atoms with Crippen LogP contribution in [0.3, 0.4) is 0 Å². The van der Waals surface area contributed by atoms with Gasteiger partial charge in [-0.15, -0.1) is 11.3 Å². The summed E-state index contributed by atoms with van der Waals surface area (Å²) in [5.41, 5.74) is 1.71. The summed E-state index contributed by atoms with van der Waals surface area (Å²) >= 11 is 1.87. The van der Waals surface area contributed by atoms with E-state index < -0.39 is 0 Å². The number of nitrogens with zero attached hydrogens (tertiary/aromatic N) is 1. The highest BCUT2D eigenvalue weighted by Crippen LogP contribution is 2.27. The third-order valence-electron chi connectivity index (χ3n) is 3.53. The largest absolute Gasteiger partial charge is 0.379 e. The molecule has 0 atom stereocenters. The molecule has 1 fully saturated rings. The zero-order valence-corrected chi connectivity index (χ0v) is 13.2. The highest BCUT2D eigenvalue weighted by atomic mass is 32.1. The van der Waals surface area contributed by atoms with Gasteiger partial charge in [-0.2, -0.15) is 0 Å². The molecule has 0 aliphatic carbocycles. The van der Waals surface area contributed by atoms with Crippen LogP contribution in [-0.4, -0.2) is 44.3 Å². The zero-order valence-electron chi connectivity index (χ0n) is 12.4. The number of rotatable bonds is 5. The van der Waals surface area contributed by atoms with Gasteiger partial charge in [-0.25, -0.2) is 0 Å². The van der Waals surface area contributed by atoms with E-state index in [0.717, 1.165) is 45.9 Å². The van der Waals surface area contributed by atoms with E-state index in [4.69, 9.17) is 4.74 Å². The van der Waals surface area contributed by atoms with Gasteiger partial charge in [0.05, 0.1) is 13.2 Å². The van der Waals surface area contributed by atoms with Gasteiger partial charge in [0.1, 0.15) is 0 Å². The highest BCUT2D eigenvalue weighted by Gasteiger charge is 2.15. The van der Waals surface area contributed by atoms with E-state index in [1.54, 1.807) is 0 Å². The SMILES string of the molecule is CC(C)(C)c1csc(CNCCN2CCOCC2)c1. The predicted molar refractivity (Wildman–Crippen MR) is 82.0 cm³/mol. The lowest BCUT2D eigenvalue weighted by Gasteiger charge is -2.26. The van der Waals surface area contributed by atoms with E-state index in [9.17, 15) is 0 Å². The maximum absolute atomic E-state index is 5.35. The molecule has 0 bridgehead atoms. The Kier molecular flexibility index (Phi) is 5.39. The smallest absolute Gasteiger partial charge is 0.0594 e. The molecule has 0 radical (unpaired) electrons. The van der Waals surface area contributed by atoms with Crippen LogP contribution >= 0.6 is 11.3 Å². The molecule has 0 saturated carbocycles. The maximum atomic E-state index is 5.35. The fraction of sp³-hybridized carbons (Fsp3) is 0.733. The first-order chi connectivity index (χ1) is 9.05. The molecule has 1 saturated heterocycles. The average Bonchev–Trinajstić information content (AvgIpc) is 2.85. The maximum Gasteiger partial charge on any atom is 0.0594 e. The van der Waals surface area contributed by atoms with E-state index in [1.165, 1.54) is 10.4 Å². The second-order valence-corrected chi connectivity index (χ2v) is 7.18. The Balaban J connectivity index is 1.66. The van der Waals surface area contributed by atoms with E-state index >= 15 is 0 Å². The van der Waals surface area contributed by atoms with Crippen molar-refractivity contribution in [2.75, 3.05) is 39.4 Å². The minimum absolute atomic E-state index is 0.266. The second-order valence-electron chi connectivity index (χ2n) is 6.18. The molecule has 0 unspecified atom stereocenters. The zero-order chi connectivity index (χ0) is 13.7. The lowest BCUT2D eigenvalue weighted by Crippen LogP contribution is -2.40. The predicted octanol–water partition coefficient (Wildman–Crippen LogP) is 2.47. The molecule has 2 heterocycles. The standard InChI is InChI=1S/C15H26N2OS/c1-15(2,3)13-10-14(19-12-13)11-16-4-5-17-6-8-18-9-7-17/h10,12,16H,4-9,11H2,1-3H3. The van der Waals surface area contributed by atoms with Gasteiger partial charge in [-0.05, 0) is 22.4 Å². The molecule has 0 amide bonds. The molecule has 108 valence electrons. The molecule has 1 aliphatic heterocycles. The van der Waals surface area contributed by atoms with Crippen molar-refractivity contribution >= 4 is 11.3 Å². The van der Waals surface area contributed by atoms with Gasteiger partial charge in [0.25, 0.3) is 0 Å². The second kappa shape index (κ2) is 6.84. The number of hydrogen-bond acceptors (Lipinski definition) is 4. The molecule has 0 spiro atoms. The summed E-state index contributed by atoms with van der Waals surface area (Å²) in [5.74, 6) is 0. The Morgan fingerprint density at radius 1 is 1.32 bits per heavy atom. The summed E-state index contributed by atoms with van der Waals surface area (Å²) in [6.45, 7) is 13.9. The van der Waals surface area contributed by atoms with Crippen LogP contribution in [0.1, 0.15) is 31.2 Å².